The lowest BCUT2D eigenvalue weighted by molar-refractivity contribution is -0.179. The molecule has 2 bridgehead atoms. The van der Waals surface area contributed by atoms with Crippen molar-refractivity contribution in [2.24, 2.45) is 10.8 Å². The van der Waals surface area contributed by atoms with Gasteiger partial charge in [0.1, 0.15) is 5.41 Å². The first-order chi connectivity index (χ1) is 12.1. The molecule has 1 saturated carbocycles. The summed E-state index contributed by atoms with van der Waals surface area (Å²) in [6.45, 7) is 1.22. The van der Waals surface area contributed by atoms with Crippen LogP contribution in [0.4, 0.5) is 0 Å². The summed E-state index contributed by atoms with van der Waals surface area (Å²) in [6.07, 6.45) is 8.57. The van der Waals surface area contributed by atoms with Crippen molar-refractivity contribution in [3.63, 3.8) is 0 Å². The third-order valence-corrected chi connectivity index (χ3v) is 6.43. The highest BCUT2D eigenvalue weighted by molar-refractivity contribution is 6.08. The molecule has 4 nitrogen and oxygen atoms in total. The molecule has 132 valence electrons. The van der Waals surface area contributed by atoms with E-state index in [1.165, 1.54) is 12.7 Å². The lowest BCUT2D eigenvalue weighted by Crippen LogP contribution is -2.69. The van der Waals surface area contributed by atoms with Gasteiger partial charge in [-0.2, -0.15) is 0 Å². The van der Waals surface area contributed by atoms with Gasteiger partial charge in [0.2, 0.25) is 0 Å². The van der Waals surface area contributed by atoms with Crippen molar-refractivity contribution >= 4 is 11.8 Å². The molecule has 2 aliphatic carbocycles. The van der Waals surface area contributed by atoms with Crippen LogP contribution in [-0.4, -0.2) is 36.3 Å². The van der Waals surface area contributed by atoms with Gasteiger partial charge in [-0.05, 0) is 31.2 Å². The molecule has 1 saturated heterocycles. The Morgan fingerprint density at radius 3 is 2.80 bits per heavy atom. The molecule has 1 aromatic carbocycles. The van der Waals surface area contributed by atoms with Gasteiger partial charge < -0.3 is 4.74 Å². The molecule has 0 N–H and O–H groups in total. The minimum absolute atomic E-state index is 0.0898. The Labute approximate surface area is 148 Å². The van der Waals surface area contributed by atoms with Crippen LogP contribution in [0.3, 0.4) is 0 Å². The molecule has 1 heterocycles. The van der Waals surface area contributed by atoms with Gasteiger partial charge in [-0.15, -0.1) is 0 Å². The summed E-state index contributed by atoms with van der Waals surface area (Å²) >= 11 is 0. The smallest absolute Gasteiger partial charge is 0.320 e. The van der Waals surface area contributed by atoms with Crippen molar-refractivity contribution in [2.45, 2.75) is 44.7 Å². The van der Waals surface area contributed by atoms with Crippen LogP contribution in [0.15, 0.2) is 42.5 Å². The average Bonchev–Trinajstić information content (AvgIpc) is 2.64. The summed E-state index contributed by atoms with van der Waals surface area (Å²) < 4.78 is 5.11. The predicted octanol–water partition coefficient (Wildman–Crippen LogP) is 3.12. The molecule has 1 aliphatic heterocycles. The number of allylic oxidation sites excluding steroid dienone is 1. The van der Waals surface area contributed by atoms with Crippen molar-refractivity contribution in [3.8, 4) is 0 Å². The first-order valence-corrected chi connectivity index (χ1v) is 9.20. The standard InChI is InChI=1S/C21H25NO3/c1-25-19(24)21-13-7-12-20(18(21)23)11-6-5-10-17(20)22(15-21)14-16-8-3-2-4-9-16/h2-5,8-10,17H,6-7,11-15H2,1H3/t17?,20-,21-/m1/s1. The normalized spacial score (nSPS) is 34.4. The number of hydrogen-bond acceptors (Lipinski definition) is 4. The summed E-state index contributed by atoms with van der Waals surface area (Å²) in [5.74, 6) is -0.209. The van der Waals surface area contributed by atoms with E-state index < -0.39 is 10.8 Å². The number of benzene rings is 1. The molecule has 1 aromatic rings. The number of fused-ring (bicyclic) bond motifs is 1. The third-order valence-electron chi connectivity index (χ3n) is 6.43. The number of carbonyl (C=O) groups excluding carboxylic acids is 2. The molecule has 2 fully saturated rings. The van der Waals surface area contributed by atoms with Crippen molar-refractivity contribution in [3.05, 3.63) is 48.0 Å². The summed E-state index contributed by atoms with van der Waals surface area (Å²) in [4.78, 5) is 28.5. The summed E-state index contributed by atoms with van der Waals surface area (Å²) in [6, 6.07) is 10.4. The number of hydrogen-bond donors (Lipinski definition) is 0. The van der Waals surface area contributed by atoms with Gasteiger partial charge >= 0.3 is 5.97 Å². The Balaban J connectivity index is 1.77. The number of esters is 1. The quantitative estimate of drug-likeness (QED) is 0.482. The average molecular weight is 339 g/mol. The second-order valence-corrected chi connectivity index (χ2v) is 7.71. The molecule has 1 spiro atoms. The number of methoxy groups -OCH3 is 1. The zero-order valence-corrected chi connectivity index (χ0v) is 14.7. The fraction of sp³-hybridized carbons (Fsp3) is 0.524. The van der Waals surface area contributed by atoms with Crippen LogP contribution >= 0.6 is 0 Å². The van der Waals surface area contributed by atoms with Gasteiger partial charge in [-0.25, -0.2) is 0 Å². The van der Waals surface area contributed by atoms with E-state index in [4.69, 9.17) is 4.74 Å². The molecule has 0 amide bonds. The lowest BCUT2D eigenvalue weighted by Gasteiger charge is -2.58. The molecule has 3 atom stereocenters. The fourth-order valence-electron chi connectivity index (χ4n) is 5.32. The van der Waals surface area contributed by atoms with Crippen molar-refractivity contribution in [2.75, 3.05) is 13.7 Å². The van der Waals surface area contributed by atoms with Crippen LogP contribution in [-0.2, 0) is 20.9 Å². The van der Waals surface area contributed by atoms with E-state index in [0.29, 0.717) is 13.0 Å². The van der Waals surface area contributed by atoms with E-state index in [1.54, 1.807) is 0 Å². The topological polar surface area (TPSA) is 46.6 Å². The van der Waals surface area contributed by atoms with Crippen LogP contribution in [0, 0.1) is 10.8 Å². The van der Waals surface area contributed by atoms with Crippen LogP contribution in [0.25, 0.3) is 0 Å². The largest absolute Gasteiger partial charge is 0.468 e. The van der Waals surface area contributed by atoms with E-state index in [1.807, 2.05) is 18.2 Å². The van der Waals surface area contributed by atoms with Gasteiger partial charge in [-0.1, -0.05) is 48.9 Å². The SMILES string of the molecule is COC(=O)[C@]12CCC[C@@]3(CCC=CC3N(Cc3ccccc3)C1)C2=O. The van der Waals surface area contributed by atoms with Gasteiger partial charge in [0.25, 0.3) is 0 Å². The van der Waals surface area contributed by atoms with Crippen LogP contribution in [0.1, 0.15) is 37.7 Å². The maximum atomic E-state index is 13.5. The summed E-state index contributed by atoms with van der Waals surface area (Å²) in [5.41, 5.74) is -0.193. The highest BCUT2D eigenvalue weighted by Crippen LogP contribution is 2.55. The highest BCUT2D eigenvalue weighted by Gasteiger charge is 2.65. The predicted molar refractivity (Wildman–Crippen MR) is 94.8 cm³/mol. The number of ether oxygens (including phenoxy) is 1. The molecule has 25 heavy (non-hydrogen) atoms. The Bertz CT molecular complexity index is 713. The lowest BCUT2D eigenvalue weighted by atomic mass is 9.52. The van der Waals surface area contributed by atoms with Crippen LogP contribution in [0.2, 0.25) is 0 Å². The number of piperidine rings is 1. The Hall–Kier alpha value is -1.94. The van der Waals surface area contributed by atoms with Gasteiger partial charge in [0.15, 0.2) is 5.78 Å². The van der Waals surface area contributed by atoms with E-state index in [2.05, 4.69) is 29.2 Å². The Morgan fingerprint density at radius 1 is 1.24 bits per heavy atom. The first kappa shape index (κ1) is 16.5. The molecule has 0 aromatic heterocycles. The molecule has 0 radical (unpaired) electrons. The van der Waals surface area contributed by atoms with Gasteiger partial charge in [0.05, 0.1) is 7.11 Å². The summed E-state index contributed by atoms with van der Waals surface area (Å²) in [5, 5.41) is 0. The first-order valence-electron chi connectivity index (χ1n) is 9.20. The van der Waals surface area contributed by atoms with E-state index >= 15 is 0 Å². The summed E-state index contributed by atoms with van der Waals surface area (Å²) in [7, 11) is 1.40. The molecule has 4 heteroatoms. The van der Waals surface area contributed by atoms with E-state index in [0.717, 1.165) is 32.2 Å². The number of carbonyl (C=O) groups is 2. The number of Topliss-reactive ketones (excluding diaryl/α,β-unsaturated/α-hetero) is 1. The van der Waals surface area contributed by atoms with Crippen molar-refractivity contribution in [1.82, 2.24) is 4.90 Å². The maximum absolute atomic E-state index is 13.5. The second-order valence-electron chi connectivity index (χ2n) is 7.71. The monoisotopic (exact) mass is 339 g/mol. The third kappa shape index (κ3) is 2.38. The van der Waals surface area contributed by atoms with Crippen molar-refractivity contribution in [1.29, 1.82) is 0 Å². The molecule has 3 aliphatic rings. The zero-order valence-electron chi connectivity index (χ0n) is 14.7. The Kier molecular flexibility index (Phi) is 4.03. The molecular weight excluding hydrogens is 314 g/mol. The number of ketones is 1. The minimum atomic E-state index is -0.983. The van der Waals surface area contributed by atoms with E-state index in [9.17, 15) is 9.59 Å². The maximum Gasteiger partial charge on any atom is 0.320 e. The number of rotatable bonds is 3. The Morgan fingerprint density at radius 2 is 2.04 bits per heavy atom. The number of nitrogens with zero attached hydrogens (tertiary/aromatic N) is 1. The van der Waals surface area contributed by atoms with Gasteiger partial charge in [-0.3, -0.25) is 14.5 Å². The van der Waals surface area contributed by atoms with Crippen LogP contribution in [0.5, 0.6) is 0 Å². The zero-order chi connectivity index (χ0) is 17.5. The van der Waals surface area contributed by atoms with E-state index in [-0.39, 0.29) is 17.8 Å². The number of likely N-dealkylation sites (tertiary alicyclic amines) is 1. The fourth-order valence-corrected chi connectivity index (χ4v) is 5.32. The molecule has 4 rings (SSSR count). The van der Waals surface area contributed by atoms with Crippen molar-refractivity contribution < 1.29 is 14.3 Å². The highest BCUT2D eigenvalue weighted by atomic mass is 16.5. The second kappa shape index (κ2) is 6.10. The molecular formula is C21H25NO3. The molecule has 1 unspecified atom stereocenters. The van der Waals surface area contributed by atoms with Gasteiger partial charge in [0, 0.05) is 24.5 Å². The minimum Gasteiger partial charge on any atom is -0.468 e. The van der Waals surface area contributed by atoms with Crippen LogP contribution < -0.4 is 0 Å².